The smallest absolute Gasteiger partial charge is 0.323 e. The number of aliphatic carboxylic acids is 1. The van der Waals surface area contributed by atoms with E-state index >= 15 is 0 Å². The second kappa shape index (κ2) is 4.68. The minimum absolute atomic E-state index is 0.194. The number of carboxylic acids is 1. The SMILES string of the molecule is CC1OCCC1N(C)S(=O)(=O)C(C)C(=O)O. The van der Waals surface area contributed by atoms with Crippen molar-refractivity contribution in [2.75, 3.05) is 13.7 Å². The van der Waals surface area contributed by atoms with E-state index in [2.05, 4.69) is 0 Å². The van der Waals surface area contributed by atoms with Crippen LogP contribution in [0.5, 0.6) is 0 Å². The molecule has 0 aromatic carbocycles. The summed E-state index contributed by atoms with van der Waals surface area (Å²) in [6.45, 7) is 3.47. The Morgan fingerprint density at radius 1 is 1.56 bits per heavy atom. The highest BCUT2D eigenvalue weighted by atomic mass is 32.2. The zero-order valence-electron chi connectivity index (χ0n) is 9.58. The fourth-order valence-electron chi connectivity index (χ4n) is 1.76. The molecule has 16 heavy (non-hydrogen) atoms. The van der Waals surface area contributed by atoms with Gasteiger partial charge in [0.1, 0.15) is 0 Å². The summed E-state index contributed by atoms with van der Waals surface area (Å²) in [7, 11) is -2.39. The minimum Gasteiger partial charge on any atom is -0.480 e. The second-order valence-electron chi connectivity index (χ2n) is 3.97. The number of likely N-dealkylation sites (N-methyl/N-ethyl adjacent to an activating group) is 1. The number of carbonyl (C=O) groups is 1. The van der Waals surface area contributed by atoms with Crippen LogP contribution in [-0.2, 0) is 19.6 Å². The first kappa shape index (κ1) is 13.4. The van der Waals surface area contributed by atoms with Gasteiger partial charge in [0, 0.05) is 13.7 Å². The fraction of sp³-hybridized carbons (Fsp3) is 0.889. The van der Waals surface area contributed by atoms with Crippen LogP contribution in [-0.4, -0.2) is 54.8 Å². The lowest BCUT2D eigenvalue weighted by Crippen LogP contribution is -2.46. The Morgan fingerprint density at radius 3 is 2.50 bits per heavy atom. The topological polar surface area (TPSA) is 83.9 Å². The van der Waals surface area contributed by atoms with E-state index in [9.17, 15) is 13.2 Å². The lowest BCUT2D eigenvalue weighted by atomic mass is 10.2. The van der Waals surface area contributed by atoms with Crippen LogP contribution < -0.4 is 0 Å². The summed E-state index contributed by atoms with van der Waals surface area (Å²) in [5.41, 5.74) is 0. The maximum atomic E-state index is 11.9. The number of carboxylic acid groups (broad SMARTS) is 1. The fourth-order valence-corrected chi connectivity index (χ4v) is 3.17. The van der Waals surface area contributed by atoms with Crippen LogP contribution >= 0.6 is 0 Å². The molecule has 0 aromatic rings. The van der Waals surface area contributed by atoms with Gasteiger partial charge in [-0.15, -0.1) is 0 Å². The highest BCUT2D eigenvalue weighted by molar-refractivity contribution is 7.90. The highest BCUT2D eigenvalue weighted by Gasteiger charge is 2.39. The largest absolute Gasteiger partial charge is 0.480 e. The molecule has 1 rings (SSSR count). The zero-order valence-corrected chi connectivity index (χ0v) is 10.4. The molecule has 0 bridgehead atoms. The van der Waals surface area contributed by atoms with Crippen LogP contribution in [0.25, 0.3) is 0 Å². The van der Waals surface area contributed by atoms with E-state index in [1.807, 2.05) is 0 Å². The lowest BCUT2D eigenvalue weighted by molar-refractivity contribution is -0.136. The van der Waals surface area contributed by atoms with E-state index in [4.69, 9.17) is 9.84 Å². The van der Waals surface area contributed by atoms with Crippen LogP contribution in [0.3, 0.4) is 0 Å². The van der Waals surface area contributed by atoms with Crippen molar-refractivity contribution in [3.63, 3.8) is 0 Å². The van der Waals surface area contributed by atoms with Gasteiger partial charge in [-0.25, -0.2) is 8.42 Å². The first-order chi connectivity index (χ1) is 7.28. The predicted octanol–water partition coefficient (Wildman–Crippen LogP) is -0.101. The first-order valence-corrected chi connectivity index (χ1v) is 6.60. The van der Waals surface area contributed by atoms with Gasteiger partial charge in [0.25, 0.3) is 0 Å². The number of rotatable bonds is 4. The van der Waals surface area contributed by atoms with Crippen molar-refractivity contribution < 1.29 is 23.1 Å². The molecule has 1 aliphatic rings. The Morgan fingerprint density at radius 2 is 2.12 bits per heavy atom. The van der Waals surface area contributed by atoms with Crippen molar-refractivity contribution in [2.45, 2.75) is 37.7 Å². The number of nitrogens with zero attached hydrogens (tertiary/aromatic N) is 1. The summed E-state index contributed by atoms with van der Waals surface area (Å²) in [5.74, 6) is -1.33. The monoisotopic (exact) mass is 251 g/mol. The molecule has 0 amide bonds. The third-order valence-corrected chi connectivity index (χ3v) is 5.17. The lowest BCUT2D eigenvalue weighted by Gasteiger charge is -2.27. The van der Waals surface area contributed by atoms with E-state index < -0.39 is 21.2 Å². The average molecular weight is 251 g/mol. The van der Waals surface area contributed by atoms with E-state index in [1.54, 1.807) is 6.92 Å². The van der Waals surface area contributed by atoms with Crippen molar-refractivity contribution in [1.82, 2.24) is 4.31 Å². The molecule has 0 aliphatic carbocycles. The van der Waals surface area contributed by atoms with Crippen LogP contribution in [0.1, 0.15) is 20.3 Å². The Hall–Kier alpha value is -0.660. The molecule has 1 fully saturated rings. The number of ether oxygens (including phenoxy) is 1. The maximum absolute atomic E-state index is 11.9. The molecule has 0 spiro atoms. The second-order valence-corrected chi connectivity index (χ2v) is 6.29. The molecule has 0 radical (unpaired) electrons. The van der Waals surface area contributed by atoms with Crippen molar-refractivity contribution in [3.05, 3.63) is 0 Å². The number of hydrogen-bond acceptors (Lipinski definition) is 4. The van der Waals surface area contributed by atoms with Crippen molar-refractivity contribution >= 4 is 16.0 Å². The average Bonchev–Trinajstić information content (AvgIpc) is 2.61. The van der Waals surface area contributed by atoms with Gasteiger partial charge in [0.05, 0.1) is 12.1 Å². The van der Waals surface area contributed by atoms with Crippen molar-refractivity contribution in [3.8, 4) is 0 Å². The molecule has 1 saturated heterocycles. The molecule has 3 atom stereocenters. The van der Waals surface area contributed by atoms with Gasteiger partial charge >= 0.3 is 5.97 Å². The molecular weight excluding hydrogens is 234 g/mol. The van der Waals surface area contributed by atoms with Gasteiger partial charge in [-0.05, 0) is 20.3 Å². The maximum Gasteiger partial charge on any atom is 0.323 e. The van der Waals surface area contributed by atoms with E-state index in [0.29, 0.717) is 13.0 Å². The summed E-state index contributed by atoms with van der Waals surface area (Å²) in [4.78, 5) is 10.7. The molecule has 3 unspecified atom stereocenters. The third-order valence-electron chi connectivity index (χ3n) is 3.00. The first-order valence-electron chi connectivity index (χ1n) is 5.09. The van der Waals surface area contributed by atoms with E-state index in [1.165, 1.54) is 14.0 Å². The summed E-state index contributed by atoms with van der Waals surface area (Å²) in [5, 5.41) is 7.31. The molecule has 1 heterocycles. The van der Waals surface area contributed by atoms with Gasteiger partial charge < -0.3 is 9.84 Å². The van der Waals surface area contributed by atoms with Crippen molar-refractivity contribution in [2.24, 2.45) is 0 Å². The van der Waals surface area contributed by atoms with Gasteiger partial charge in [0.2, 0.25) is 10.0 Å². The van der Waals surface area contributed by atoms with Gasteiger partial charge in [-0.1, -0.05) is 0 Å². The Labute approximate surface area is 95.2 Å². The zero-order chi connectivity index (χ0) is 12.5. The number of sulfonamides is 1. The van der Waals surface area contributed by atoms with E-state index in [-0.39, 0.29) is 12.1 Å². The molecule has 7 heteroatoms. The van der Waals surface area contributed by atoms with Gasteiger partial charge in [-0.3, -0.25) is 4.79 Å². The minimum atomic E-state index is -3.80. The highest BCUT2D eigenvalue weighted by Crippen LogP contribution is 2.22. The Kier molecular flexibility index (Phi) is 3.92. The number of hydrogen-bond donors (Lipinski definition) is 1. The van der Waals surface area contributed by atoms with Gasteiger partial charge in [-0.2, -0.15) is 4.31 Å². The summed E-state index contributed by atoms with van der Waals surface area (Å²) >= 11 is 0. The Bertz CT molecular complexity index is 366. The molecular formula is C9H17NO5S. The quantitative estimate of drug-likeness (QED) is 0.754. The van der Waals surface area contributed by atoms with Crippen LogP contribution in [0.15, 0.2) is 0 Å². The molecule has 94 valence electrons. The molecule has 0 aromatic heterocycles. The van der Waals surface area contributed by atoms with Crippen LogP contribution in [0, 0.1) is 0 Å². The summed E-state index contributed by atoms with van der Waals surface area (Å²) in [6.07, 6.45) is 0.407. The standard InChI is InChI=1S/C9H17NO5S/c1-6-8(4-5-15-6)10(3)16(13,14)7(2)9(11)12/h6-8H,4-5H2,1-3H3,(H,11,12). The normalized spacial score (nSPS) is 28.2. The van der Waals surface area contributed by atoms with Crippen molar-refractivity contribution in [1.29, 1.82) is 0 Å². The van der Waals surface area contributed by atoms with Crippen LogP contribution in [0.2, 0.25) is 0 Å². The summed E-state index contributed by atoms with van der Waals surface area (Å²) in [6, 6.07) is -0.271. The van der Waals surface area contributed by atoms with E-state index in [0.717, 1.165) is 4.31 Å². The molecule has 1 aliphatic heterocycles. The van der Waals surface area contributed by atoms with Crippen LogP contribution in [0.4, 0.5) is 0 Å². The molecule has 1 N–H and O–H groups in total. The molecule has 0 saturated carbocycles. The van der Waals surface area contributed by atoms with Gasteiger partial charge in [0.15, 0.2) is 5.25 Å². The summed E-state index contributed by atoms with van der Waals surface area (Å²) < 4.78 is 30.2. The molecule has 6 nitrogen and oxygen atoms in total. The Balaban J connectivity index is 2.87. The predicted molar refractivity (Wildman–Crippen MR) is 57.6 cm³/mol. The third kappa shape index (κ3) is 2.36.